The molecule has 4 rings (SSSR count). The Kier molecular flexibility index (Phi) is 6.99. The molecule has 1 amide bonds. The molecule has 0 atom stereocenters. The summed E-state index contributed by atoms with van der Waals surface area (Å²) in [6, 6.07) is 8.11. The SMILES string of the molecule is CCCn1c(C)cc(-c2csc(NC(=O)c3ccc(S(=O)(=O)N4CCOCC4)cc3)n2)c1C. The zero-order valence-electron chi connectivity index (χ0n) is 19.0. The maximum Gasteiger partial charge on any atom is 0.257 e. The zero-order chi connectivity index (χ0) is 23.6. The van der Waals surface area contributed by atoms with Crippen molar-refractivity contribution in [2.45, 2.75) is 38.6 Å². The Hall–Kier alpha value is -2.53. The first-order valence-electron chi connectivity index (χ1n) is 10.9. The minimum atomic E-state index is -3.59. The van der Waals surface area contributed by atoms with Gasteiger partial charge in [-0.2, -0.15) is 4.31 Å². The van der Waals surface area contributed by atoms with E-state index >= 15 is 0 Å². The number of aryl methyl sites for hydroxylation is 1. The topological polar surface area (TPSA) is 93.5 Å². The van der Waals surface area contributed by atoms with Gasteiger partial charge in [0, 0.05) is 47.5 Å². The Bertz CT molecular complexity index is 1240. The fraction of sp³-hybridized carbons (Fsp3) is 0.391. The molecule has 1 N–H and O–H groups in total. The van der Waals surface area contributed by atoms with Gasteiger partial charge >= 0.3 is 0 Å². The van der Waals surface area contributed by atoms with Gasteiger partial charge in [-0.1, -0.05) is 6.92 Å². The molecule has 33 heavy (non-hydrogen) atoms. The summed E-state index contributed by atoms with van der Waals surface area (Å²) >= 11 is 1.36. The zero-order valence-corrected chi connectivity index (χ0v) is 20.6. The Balaban J connectivity index is 1.46. The highest BCUT2D eigenvalue weighted by Gasteiger charge is 2.26. The summed E-state index contributed by atoms with van der Waals surface area (Å²) in [4.78, 5) is 17.5. The second kappa shape index (κ2) is 9.76. The summed E-state index contributed by atoms with van der Waals surface area (Å²) in [5, 5.41) is 5.26. The van der Waals surface area contributed by atoms with Crippen LogP contribution in [0.2, 0.25) is 0 Å². The van der Waals surface area contributed by atoms with E-state index in [1.807, 2.05) is 5.38 Å². The molecule has 3 heterocycles. The van der Waals surface area contributed by atoms with Crippen LogP contribution in [0.1, 0.15) is 35.1 Å². The molecular formula is C23H28N4O4S2. The quantitative estimate of drug-likeness (QED) is 0.544. The van der Waals surface area contributed by atoms with Crippen molar-refractivity contribution in [2.75, 3.05) is 31.6 Å². The van der Waals surface area contributed by atoms with E-state index < -0.39 is 10.0 Å². The van der Waals surface area contributed by atoms with Crippen molar-refractivity contribution < 1.29 is 17.9 Å². The lowest BCUT2D eigenvalue weighted by Crippen LogP contribution is -2.40. The van der Waals surface area contributed by atoms with Crippen molar-refractivity contribution in [2.24, 2.45) is 0 Å². The van der Waals surface area contributed by atoms with Crippen LogP contribution >= 0.6 is 11.3 Å². The molecule has 2 aromatic heterocycles. The molecule has 10 heteroatoms. The fourth-order valence-corrected chi connectivity index (χ4v) is 6.08. The Morgan fingerprint density at radius 1 is 1.18 bits per heavy atom. The first-order valence-corrected chi connectivity index (χ1v) is 13.2. The van der Waals surface area contributed by atoms with Crippen molar-refractivity contribution >= 4 is 32.4 Å². The lowest BCUT2D eigenvalue weighted by Gasteiger charge is -2.26. The normalized spacial score (nSPS) is 15.0. The van der Waals surface area contributed by atoms with Crippen LogP contribution in [0.4, 0.5) is 5.13 Å². The predicted molar refractivity (Wildman–Crippen MR) is 129 cm³/mol. The van der Waals surface area contributed by atoms with Crippen LogP contribution in [0.15, 0.2) is 40.6 Å². The lowest BCUT2D eigenvalue weighted by molar-refractivity contribution is 0.0730. The molecule has 0 spiro atoms. The van der Waals surface area contributed by atoms with Crippen molar-refractivity contribution in [3.8, 4) is 11.3 Å². The first-order chi connectivity index (χ1) is 15.8. The molecule has 0 saturated carbocycles. The number of nitrogens with one attached hydrogen (secondary N) is 1. The van der Waals surface area contributed by atoms with E-state index in [2.05, 4.69) is 41.7 Å². The molecule has 3 aromatic rings. The van der Waals surface area contributed by atoms with Crippen LogP contribution in [0.3, 0.4) is 0 Å². The molecule has 1 aromatic carbocycles. The molecule has 176 valence electrons. The van der Waals surface area contributed by atoms with Gasteiger partial charge in [0.1, 0.15) is 0 Å². The number of thiazole rings is 1. The number of carbonyl (C=O) groups is 1. The molecule has 1 saturated heterocycles. The number of aromatic nitrogens is 2. The maximum absolute atomic E-state index is 12.8. The average Bonchev–Trinajstić information content (AvgIpc) is 3.39. The van der Waals surface area contributed by atoms with Gasteiger partial charge in [0.2, 0.25) is 10.0 Å². The van der Waals surface area contributed by atoms with Crippen LogP contribution in [0.25, 0.3) is 11.3 Å². The number of sulfonamides is 1. The molecule has 0 aliphatic carbocycles. The van der Waals surface area contributed by atoms with Crippen LogP contribution in [0, 0.1) is 13.8 Å². The third-order valence-electron chi connectivity index (χ3n) is 5.75. The molecule has 1 aliphatic rings. The number of rotatable bonds is 7. The van der Waals surface area contributed by atoms with Crippen LogP contribution in [0.5, 0.6) is 0 Å². The van der Waals surface area contributed by atoms with Crippen molar-refractivity contribution in [1.82, 2.24) is 13.9 Å². The van der Waals surface area contributed by atoms with Gasteiger partial charge in [0.15, 0.2) is 5.13 Å². The van der Waals surface area contributed by atoms with Crippen molar-refractivity contribution in [3.05, 3.63) is 52.7 Å². The van der Waals surface area contributed by atoms with E-state index in [0.29, 0.717) is 37.0 Å². The van der Waals surface area contributed by atoms with Crippen molar-refractivity contribution in [3.63, 3.8) is 0 Å². The van der Waals surface area contributed by atoms with E-state index in [9.17, 15) is 13.2 Å². The highest BCUT2D eigenvalue weighted by Crippen LogP contribution is 2.30. The second-order valence-electron chi connectivity index (χ2n) is 7.97. The van der Waals surface area contributed by atoms with Crippen LogP contribution in [-0.4, -0.2) is 54.5 Å². The summed E-state index contributed by atoms with van der Waals surface area (Å²) in [6.45, 7) is 8.72. The van der Waals surface area contributed by atoms with Gasteiger partial charge in [0.05, 0.1) is 23.8 Å². The number of benzene rings is 1. The largest absolute Gasteiger partial charge is 0.379 e. The fourth-order valence-electron chi connectivity index (χ4n) is 3.97. The molecule has 1 fully saturated rings. The van der Waals surface area contributed by atoms with E-state index in [0.717, 1.165) is 29.9 Å². The summed E-state index contributed by atoms with van der Waals surface area (Å²) in [6.07, 6.45) is 1.06. The minimum Gasteiger partial charge on any atom is -0.379 e. The van der Waals surface area contributed by atoms with E-state index in [1.165, 1.54) is 45.6 Å². The standard InChI is InChI=1S/C23H28N4O4S2/c1-4-9-27-16(2)14-20(17(27)3)21-15-32-23(24-21)25-22(28)18-5-7-19(8-6-18)33(29,30)26-10-12-31-13-11-26/h5-8,14-15H,4,9-13H2,1-3H3,(H,24,25,28). The summed E-state index contributed by atoms with van der Waals surface area (Å²) in [7, 11) is -3.59. The minimum absolute atomic E-state index is 0.167. The number of ether oxygens (including phenoxy) is 1. The molecule has 8 nitrogen and oxygen atoms in total. The smallest absolute Gasteiger partial charge is 0.257 e. The van der Waals surface area contributed by atoms with Gasteiger partial charge in [-0.15, -0.1) is 11.3 Å². The highest BCUT2D eigenvalue weighted by molar-refractivity contribution is 7.89. The third-order valence-corrected chi connectivity index (χ3v) is 8.42. The number of hydrogen-bond donors (Lipinski definition) is 1. The summed E-state index contributed by atoms with van der Waals surface area (Å²) in [5.74, 6) is -0.331. The predicted octanol–water partition coefficient (Wildman–Crippen LogP) is 3.91. The number of carbonyl (C=O) groups excluding carboxylic acids is 1. The Labute approximate surface area is 198 Å². The molecule has 1 aliphatic heterocycles. The molecule has 0 unspecified atom stereocenters. The Morgan fingerprint density at radius 2 is 1.88 bits per heavy atom. The second-order valence-corrected chi connectivity index (χ2v) is 10.8. The van der Waals surface area contributed by atoms with Crippen LogP contribution < -0.4 is 5.32 Å². The van der Waals surface area contributed by atoms with Gasteiger partial charge < -0.3 is 9.30 Å². The summed E-state index contributed by atoms with van der Waals surface area (Å²) < 4.78 is 34.4. The monoisotopic (exact) mass is 488 g/mol. The van der Waals surface area contributed by atoms with Gasteiger partial charge in [-0.05, 0) is 50.6 Å². The van der Waals surface area contributed by atoms with Gasteiger partial charge in [-0.25, -0.2) is 13.4 Å². The maximum atomic E-state index is 12.8. The number of nitrogens with zero attached hydrogens (tertiary/aromatic N) is 3. The van der Waals surface area contributed by atoms with Crippen LogP contribution in [-0.2, 0) is 21.3 Å². The average molecular weight is 489 g/mol. The number of anilines is 1. The number of morpholine rings is 1. The highest BCUT2D eigenvalue weighted by atomic mass is 32.2. The van der Waals surface area contributed by atoms with Gasteiger partial charge in [-0.3, -0.25) is 10.1 Å². The molecule has 0 radical (unpaired) electrons. The van der Waals surface area contributed by atoms with E-state index in [4.69, 9.17) is 4.74 Å². The molecule has 0 bridgehead atoms. The van der Waals surface area contributed by atoms with E-state index in [1.54, 1.807) is 0 Å². The lowest BCUT2D eigenvalue weighted by atomic mass is 10.2. The van der Waals surface area contributed by atoms with E-state index in [-0.39, 0.29) is 10.8 Å². The number of hydrogen-bond acceptors (Lipinski definition) is 6. The van der Waals surface area contributed by atoms with Crippen molar-refractivity contribution in [1.29, 1.82) is 0 Å². The van der Waals surface area contributed by atoms with Gasteiger partial charge in [0.25, 0.3) is 5.91 Å². The first kappa shape index (κ1) is 23.6. The molecular weight excluding hydrogens is 460 g/mol. The Morgan fingerprint density at radius 3 is 2.55 bits per heavy atom. The number of amides is 1. The third kappa shape index (κ3) is 4.89. The summed E-state index contributed by atoms with van der Waals surface area (Å²) in [5.41, 5.74) is 4.62.